The van der Waals surface area contributed by atoms with Gasteiger partial charge >= 0.3 is 0 Å². The van der Waals surface area contributed by atoms with E-state index in [1.165, 1.54) is 0 Å². The van der Waals surface area contributed by atoms with Crippen LogP contribution in [0.5, 0.6) is 0 Å². The second-order valence-corrected chi connectivity index (χ2v) is 4.38. The van der Waals surface area contributed by atoms with Gasteiger partial charge in [-0.3, -0.25) is 9.67 Å². The van der Waals surface area contributed by atoms with Gasteiger partial charge < -0.3 is 5.73 Å². The molecule has 1 aromatic carbocycles. The van der Waals surface area contributed by atoms with E-state index in [2.05, 4.69) is 10.1 Å². The third-order valence-electron chi connectivity index (χ3n) is 2.97. The van der Waals surface area contributed by atoms with Gasteiger partial charge in [0, 0.05) is 35.4 Å². The average Bonchev–Trinajstić information content (AvgIpc) is 2.89. The number of nitrogens with zero attached hydrogens (tertiary/aromatic N) is 3. The van der Waals surface area contributed by atoms with Crippen molar-refractivity contribution >= 4 is 5.69 Å². The van der Waals surface area contributed by atoms with Gasteiger partial charge in [0.2, 0.25) is 0 Å². The van der Waals surface area contributed by atoms with Gasteiger partial charge in [-0.15, -0.1) is 0 Å². The zero-order valence-corrected chi connectivity index (χ0v) is 10.4. The topological polar surface area (TPSA) is 56.7 Å². The van der Waals surface area contributed by atoms with E-state index in [1.807, 2.05) is 59.7 Å². The molecule has 0 aliphatic rings. The van der Waals surface area contributed by atoms with Crippen molar-refractivity contribution < 1.29 is 0 Å². The molecule has 2 heterocycles. The third kappa shape index (κ3) is 2.47. The number of nitrogen functional groups attached to an aromatic ring is 1. The number of aromatic nitrogens is 3. The van der Waals surface area contributed by atoms with Crippen LogP contribution in [0, 0.1) is 0 Å². The molecule has 0 radical (unpaired) electrons. The molecule has 94 valence electrons. The van der Waals surface area contributed by atoms with E-state index in [9.17, 15) is 0 Å². The second kappa shape index (κ2) is 4.94. The number of pyridine rings is 1. The summed E-state index contributed by atoms with van der Waals surface area (Å²) >= 11 is 0. The molecule has 0 aliphatic heterocycles. The van der Waals surface area contributed by atoms with Gasteiger partial charge in [0.05, 0.1) is 12.7 Å². The first-order valence-electron chi connectivity index (χ1n) is 6.09. The van der Waals surface area contributed by atoms with Gasteiger partial charge in [0.1, 0.15) is 0 Å². The maximum Gasteiger partial charge on any atom is 0.0674 e. The lowest BCUT2D eigenvalue weighted by atomic mass is 10.1. The Morgan fingerprint density at radius 1 is 1.05 bits per heavy atom. The molecule has 19 heavy (non-hydrogen) atoms. The molecule has 2 N–H and O–H groups in total. The summed E-state index contributed by atoms with van der Waals surface area (Å²) in [5.74, 6) is 0. The highest BCUT2D eigenvalue weighted by Gasteiger charge is 2.05. The molecular formula is C15H14N4. The van der Waals surface area contributed by atoms with E-state index in [4.69, 9.17) is 5.73 Å². The van der Waals surface area contributed by atoms with E-state index in [1.54, 1.807) is 6.20 Å². The molecule has 4 nitrogen and oxygen atoms in total. The maximum atomic E-state index is 5.97. The van der Waals surface area contributed by atoms with Crippen LogP contribution in [0.3, 0.4) is 0 Å². The van der Waals surface area contributed by atoms with Crippen LogP contribution in [0.1, 0.15) is 5.56 Å². The number of nitrogens with two attached hydrogens (primary N) is 1. The molecule has 0 bridgehead atoms. The van der Waals surface area contributed by atoms with E-state index < -0.39 is 0 Å². The standard InChI is InChI=1S/C15H14N4/c16-15-6-2-1-5-14(15)13-9-18-19(11-13)10-12-4-3-7-17-8-12/h1-9,11H,10,16H2. The highest BCUT2D eigenvalue weighted by molar-refractivity contribution is 5.75. The smallest absolute Gasteiger partial charge is 0.0674 e. The molecule has 3 rings (SSSR count). The van der Waals surface area contributed by atoms with Crippen LogP contribution in [0.4, 0.5) is 5.69 Å². The Morgan fingerprint density at radius 2 is 1.95 bits per heavy atom. The van der Waals surface area contributed by atoms with Gasteiger partial charge in [-0.25, -0.2) is 0 Å². The van der Waals surface area contributed by atoms with Crippen LogP contribution < -0.4 is 5.73 Å². The highest BCUT2D eigenvalue weighted by atomic mass is 15.3. The Morgan fingerprint density at radius 3 is 2.74 bits per heavy atom. The predicted octanol–water partition coefficient (Wildman–Crippen LogP) is 2.58. The van der Waals surface area contributed by atoms with Crippen molar-refractivity contribution in [2.45, 2.75) is 6.54 Å². The summed E-state index contributed by atoms with van der Waals surface area (Å²) < 4.78 is 1.89. The normalized spacial score (nSPS) is 10.5. The highest BCUT2D eigenvalue weighted by Crippen LogP contribution is 2.24. The SMILES string of the molecule is Nc1ccccc1-c1cnn(Cc2cccnc2)c1. The molecule has 0 atom stereocenters. The summed E-state index contributed by atoms with van der Waals surface area (Å²) in [6, 6.07) is 11.8. The molecule has 2 aromatic heterocycles. The number of benzene rings is 1. The Hall–Kier alpha value is -2.62. The Labute approximate surface area is 111 Å². The zero-order chi connectivity index (χ0) is 13.1. The van der Waals surface area contributed by atoms with Crippen molar-refractivity contribution in [1.29, 1.82) is 0 Å². The maximum absolute atomic E-state index is 5.97. The van der Waals surface area contributed by atoms with Crippen molar-refractivity contribution in [2.75, 3.05) is 5.73 Å². The summed E-state index contributed by atoms with van der Waals surface area (Å²) in [5, 5.41) is 4.36. The van der Waals surface area contributed by atoms with Crippen molar-refractivity contribution in [3.05, 3.63) is 66.7 Å². The second-order valence-electron chi connectivity index (χ2n) is 4.38. The molecule has 0 saturated carbocycles. The van der Waals surface area contributed by atoms with Crippen LogP contribution in [0.25, 0.3) is 11.1 Å². The lowest BCUT2D eigenvalue weighted by molar-refractivity contribution is 0.685. The number of anilines is 1. The first-order valence-corrected chi connectivity index (χ1v) is 6.09. The minimum Gasteiger partial charge on any atom is -0.398 e. The van der Waals surface area contributed by atoms with Crippen molar-refractivity contribution in [3.8, 4) is 11.1 Å². The lowest BCUT2D eigenvalue weighted by Crippen LogP contribution is -1.99. The number of hydrogen-bond donors (Lipinski definition) is 1. The number of rotatable bonds is 3. The summed E-state index contributed by atoms with van der Waals surface area (Å²) in [7, 11) is 0. The largest absolute Gasteiger partial charge is 0.398 e. The Kier molecular flexibility index (Phi) is 2.98. The molecule has 0 aliphatic carbocycles. The quantitative estimate of drug-likeness (QED) is 0.727. The van der Waals surface area contributed by atoms with E-state index in [0.717, 1.165) is 22.4 Å². The van der Waals surface area contributed by atoms with E-state index >= 15 is 0 Å². The number of hydrogen-bond acceptors (Lipinski definition) is 3. The molecule has 0 spiro atoms. The van der Waals surface area contributed by atoms with Crippen molar-refractivity contribution in [3.63, 3.8) is 0 Å². The van der Waals surface area contributed by atoms with Gasteiger partial charge in [-0.2, -0.15) is 5.10 Å². The summed E-state index contributed by atoms with van der Waals surface area (Å²) in [6.07, 6.45) is 7.45. The minimum atomic E-state index is 0.709. The summed E-state index contributed by atoms with van der Waals surface area (Å²) in [5.41, 5.74) is 9.90. The van der Waals surface area contributed by atoms with Gasteiger partial charge in [-0.1, -0.05) is 24.3 Å². The molecule has 0 fully saturated rings. The zero-order valence-electron chi connectivity index (χ0n) is 10.4. The fourth-order valence-electron chi connectivity index (χ4n) is 2.03. The van der Waals surface area contributed by atoms with E-state index in [-0.39, 0.29) is 0 Å². The predicted molar refractivity (Wildman–Crippen MR) is 75.4 cm³/mol. The minimum absolute atomic E-state index is 0.709. The fourth-order valence-corrected chi connectivity index (χ4v) is 2.03. The first-order chi connectivity index (χ1) is 9.33. The monoisotopic (exact) mass is 250 g/mol. The molecule has 0 saturated heterocycles. The van der Waals surface area contributed by atoms with Crippen molar-refractivity contribution in [2.24, 2.45) is 0 Å². The first kappa shape index (κ1) is 11.5. The average molecular weight is 250 g/mol. The molecular weight excluding hydrogens is 236 g/mol. The summed E-state index contributed by atoms with van der Waals surface area (Å²) in [6.45, 7) is 0.709. The fraction of sp³-hybridized carbons (Fsp3) is 0.0667. The number of para-hydroxylation sites is 1. The van der Waals surface area contributed by atoms with Crippen LogP contribution in [0.15, 0.2) is 61.2 Å². The van der Waals surface area contributed by atoms with Gasteiger partial charge in [0.15, 0.2) is 0 Å². The Balaban J connectivity index is 1.86. The van der Waals surface area contributed by atoms with Crippen LogP contribution >= 0.6 is 0 Å². The van der Waals surface area contributed by atoms with Gasteiger partial charge in [-0.05, 0) is 17.7 Å². The lowest BCUT2D eigenvalue weighted by Gasteiger charge is -2.02. The van der Waals surface area contributed by atoms with Crippen LogP contribution in [0.2, 0.25) is 0 Å². The molecule has 0 unspecified atom stereocenters. The van der Waals surface area contributed by atoms with Crippen molar-refractivity contribution in [1.82, 2.24) is 14.8 Å². The third-order valence-corrected chi connectivity index (χ3v) is 2.97. The van der Waals surface area contributed by atoms with E-state index in [0.29, 0.717) is 6.54 Å². The molecule has 4 heteroatoms. The Bertz CT molecular complexity index is 673. The summed E-state index contributed by atoms with van der Waals surface area (Å²) in [4.78, 5) is 4.10. The van der Waals surface area contributed by atoms with Gasteiger partial charge in [0.25, 0.3) is 0 Å². The van der Waals surface area contributed by atoms with Crippen LogP contribution in [-0.4, -0.2) is 14.8 Å². The molecule has 3 aromatic rings. The molecule has 0 amide bonds. The van der Waals surface area contributed by atoms with Crippen LogP contribution in [-0.2, 0) is 6.54 Å².